The van der Waals surface area contributed by atoms with Gasteiger partial charge >= 0.3 is 5.97 Å². The Morgan fingerprint density at radius 1 is 1.50 bits per heavy atom. The molecule has 1 aliphatic heterocycles. The lowest BCUT2D eigenvalue weighted by Crippen LogP contribution is -2.29. The average Bonchev–Trinajstić information content (AvgIpc) is 2.84. The second-order valence-corrected chi connectivity index (χ2v) is 4.91. The van der Waals surface area contributed by atoms with Crippen molar-refractivity contribution in [2.75, 3.05) is 11.4 Å². The van der Waals surface area contributed by atoms with Crippen LogP contribution in [-0.2, 0) is 13.0 Å². The van der Waals surface area contributed by atoms with Crippen LogP contribution in [0.5, 0.6) is 0 Å². The number of aryl methyl sites for hydroxylation is 2. The molecule has 20 heavy (non-hydrogen) atoms. The third kappa shape index (κ3) is 2.36. The van der Waals surface area contributed by atoms with Crippen LogP contribution in [0.25, 0.3) is 0 Å². The van der Waals surface area contributed by atoms with Crippen molar-refractivity contribution in [2.24, 2.45) is 0 Å². The number of fused-ring (bicyclic) bond motifs is 1. The molecule has 0 unspecified atom stereocenters. The van der Waals surface area contributed by atoms with Crippen LogP contribution < -0.4 is 4.90 Å². The Labute approximate surface area is 116 Å². The van der Waals surface area contributed by atoms with Crippen LogP contribution >= 0.6 is 0 Å². The standard InChI is InChI=1S/C14H15N3O3/c1-9-15-13(20-16-9)8-17-6-2-3-10-7-11(14(18)19)4-5-12(10)17/h4-5,7H,2-3,6,8H2,1H3,(H,18,19). The number of hydrogen-bond donors (Lipinski definition) is 1. The van der Waals surface area contributed by atoms with Gasteiger partial charge in [-0.2, -0.15) is 4.98 Å². The van der Waals surface area contributed by atoms with E-state index in [1.54, 1.807) is 19.1 Å². The Bertz CT molecular complexity index is 651. The number of benzene rings is 1. The number of nitrogens with zero attached hydrogens (tertiary/aromatic N) is 3. The Morgan fingerprint density at radius 2 is 2.35 bits per heavy atom. The second kappa shape index (κ2) is 4.96. The number of hydrogen-bond acceptors (Lipinski definition) is 5. The van der Waals surface area contributed by atoms with E-state index < -0.39 is 5.97 Å². The molecule has 0 amide bonds. The molecule has 0 radical (unpaired) electrons. The molecule has 1 aromatic heterocycles. The molecule has 0 fully saturated rings. The van der Waals surface area contributed by atoms with E-state index in [2.05, 4.69) is 15.0 Å². The van der Waals surface area contributed by atoms with Crippen LogP contribution in [0.1, 0.15) is 34.1 Å². The van der Waals surface area contributed by atoms with E-state index in [1.165, 1.54) is 0 Å². The second-order valence-electron chi connectivity index (χ2n) is 4.91. The Morgan fingerprint density at radius 3 is 3.05 bits per heavy atom. The molecule has 0 spiro atoms. The van der Waals surface area contributed by atoms with Gasteiger partial charge in [-0.15, -0.1) is 0 Å². The summed E-state index contributed by atoms with van der Waals surface area (Å²) in [6.07, 6.45) is 1.89. The van der Waals surface area contributed by atoms with E-state index in [1.807, 2.05) is 6.07 Å². The lowest BCUT2D eigenvalue weighted by atomic mass is 9.99. The lowest BCUT2D eigenvalue weighted by Gasteiger charge is -2.30. The first kappa shape index (κ1) is 12.7. The first-order valence-corrected chi connectivity index (χ1v) is 6.54. The molecule has 0 saturated carbocycles. The minimum Gasteiger partial charge on any atom is -0.478 e. The molecule has 2 heterocycles. The maximum Gasteiger partial charge on any atom is 0.335 e. The van der Waals surface area contributed by atoms with Gasteiger partial charge in [0.15, 0.2) is 5.82 Å². The van der Waals surface area contributed by atoms with Gasteiger partial charge in [-0.3, -0.25) is 0 Å². The number of anilines is 1. The molecule has 1 aliphatic rings. The minimum atomic E-state index is -0.891. The van der Waals surface area contributed by atoms with Crippen molar-refractivity contribution in [3.63, 3.8) is 0 Å². The van der Waals surface area contributed by atoms with Crippen LogP contribution in [0.4, 0.5) is 5.69 Å². The van der Waals surface area contributed by atoms with Gasteiger partial charge in [0.2, 0.25) is 5.89 Å². The quantitative estimate of drug-likeness (QED) is 0.921. The third-order valence-corrected chi connectivity index (χ3v) is 3.44. The smallest absolute Gasteiger partial charge is 0.335 e. The first-order valence-electron chi connectivity index (χ1n) is 6.54. The summed E-state index contributed by atoms with van der Waals surface area (Å²) in [7, 11) is 0. The number of carbonyl (C=O) groups is 1. The highest BCUT2D eigenvalue weighted by Crippen LogP contribution is 2.29. The van der Waals surface area contributed by atoms with E-state index in [0.717, 1.165) is 30.6 Å². The fraction of sp³-hybridized carbons (Fsp3) is 0.357. The minimum absolute atomic E-state index is 0.333. The van der Waals surface area contributed by atoms with E-state index in [-0.39, 0.29) is 0 Å². The van der Waals surface area contributed by atoms with Gasteiger partial charge in [0.05, 0.1) is 12.1 Å². The van der Waals surface area contributed by atoms with Crippen LogP contribution in [0, 0.1) is 6.92 Å². The van der Waals surface area contributed by atoms with Gasteiger partial charge < -0.3 is 14.5 Å². The summed E-state index contributed by atoms with van der Waals surface area (Å²) in [5, 5.41) is 12.8. The van der Waals surface area contributed by atoms with Gasteiger partial charge in [0.1, 0.15) is 0 Å². The highest BCUT2D eigenvalue weighted by Gasteiger charge is 2.20. The van der Waals surface area contributed by atoms with E-state index >= 15 is 0 Å². The largest absolute Gasteiger partial charge is 0.478 e. The summed E-state index contributed by atoms with van der Waals surface area (Å²) in [4.78, 5) is 17.4. The molecular formula is C14H15N3O3. The first-order chi connectivity index (χ1) is 9.63. The molecule has 6 heteroatoms. The molecule has 6 nitrogen and oxygen atoms in total. The highest BCUT2D eigenvalue weighted by molar-refractivity contribution is 5.88. The molecular weight excluding hydrogens is 258 g/mol. The summed E-state index contributed by atoms with van der Waals surface area (Å²) in [5.41, 5.74) is 2.45. The number of rotatable bonds is 3. The summed E-state index contributed by atoms with van der Waals surface area (Å²) < 4.78 is 5.15. The molecule has 1 aromatic carbocycles. The number of carboxylic acid groups (broad SMARTS) is 1. The van der Waals surface area contributed by atoms with E-state index in [9.17, 15) is 4.79 Å². The summed E-state index contributed by atoms with van der Waals surface area (Å²) >= 11 is 0. The van der Waals surface area contributed by atoms with Gasteiger partial charge in [-0.1, -0.05) is 5.16 Å². The predicted octanol–water partition coefficient (Wildman–Crippen LogP) is 2.03. The average molecular weight is 273 g/mol. The molecule has 0 atom stereocenters. The number of carboxylic acids is 1. The molecule has 104 valence electrons. The van der Waals surface area contributed by atoms with Gasteiger partial charge in [0, 0.05) is 12.2 Å². The fourth-order valence-corrected chi connectivity index (χ4v) is 2.54. The topological polar surface area (TPSA) is 79.5 Å². The Hall–Kier alpha value is -2.37. The third-order valence-electron chi connectivity index (χ3n) is 3.44. The van der Waals surface area contributed by atoms with Crippen molar-refractivity contribution in [1.29, 1.82) is 0 Å². The van der Waals surface area contributed by atoms with Crippen LogP contribution in [0.3, 0.4) is 0 Å². The van der Waals surface area contributed by atoms with Crippen molar-refractivity contribution in [2.45, 2.75) is 26.3 Å². The normalized spacial score (nSPS) is 14.2. The van der Waals surface area contributed by atoms with E-state index in [4.69, 9.17) is 9.63 Å². The summed E-state index contributed by atoms with van der Waals surface area (Å²) in [5.74, 6) is 0.313. The van der Waals surface area contributed by atoms with Crippen molar-refractivity contribution >= 4 is 11.7 Å². The van der Waals surface area contributed by atoms with Crippen LogP contribution in [0.2, 0.25) is 0 Å². The van der Waals surface area contributed by atoms with Crippen molar-refractivity contribution in [1.82, 2.24) is 10.1 Å². The number of aromatic nitrogens is 2. The zero-order valence-electron chi connectivity index (χ0n) is 11.2. The molecule has 1 N–H and O–H groups in total. The Kier molecular flexibility index (Phi) is 3.14. The van der Waals surface area contributed by atoms with Crippen molar-refractivity contribution in [3.8, 4) is 0 Å². The number of aromatic carboxylic acids is 1. The van der Waals surface area contributed by atoms with Crippen LogP contribution in [0.15, 0.2) is 22.7 Å². The maximum absolute atomic E-state index is 11.0. The Balaban J connectivity index is 1.88. The van der Waals surface area contributed by atoms with E-state index in [0.29, 0.717) is 23.8 Å². The van der Waals surface area contributed by atoms with Crippen molar-refractivity contribution in [3.05, 3.63) is 41.0 Å². The van der Waals surface area contributed by atoms with Crippen LogP contribution in [-0.4, -0.2) is 27.8 Å². The zero-order chi connectivity index (χ0) is 14.1. The summed E-state index contributed by atoms with van der Waals surface area (Å²) in [6.45, 7) is 3.25. The molecule has 0 saturated heterocycles. The SMILES string of the molecule is Cc1noc(CN2CCCc3cc(C(=O)O)ccc32)n1. The van der Waals surface area contributed by atoms with Gasteiger partial charge in [0.25, 0.3) is 0 Å². The molecule has 2 aromatic rings. The summed E-state index contributed by atoms with van der Waals surface area (Å²) in [6, 6.07) is 5.25. The van der Waals surface area contributed by atoms with Gasteiger partial charge in [-0.25, -0.2) is 4.79 Å². The maximum atomic E-state index is 11.0. The zero-order valence-corrected chi connectivity index (χ0v) is 11.2. The monoisotopic (exact) mass is 273 g/mol. The fourth-order valence-electron chi connectivity index (χ4n) is 2.54. The molecule has 3 rings (SSSR count). The molecule has 0 bridgehead atoms. The predicted molar refractivity (Wildman–Crippen MR) is 71.8 cm³/mol. The molecule has 0 aliphatic carbocycles. The van der Waals surface area contributed by atoms with Gasteiger partial charge in [-0.05, 0) is 43.5 Å². The van der Waals surface area contributed by atoms with Crippen molar-refractivity contribution < 1.29 is 14.4 Å². The highest BCUT2D eigenvalue weighted by atomic mass is 16.5. The lowest BCUT2D eigenvalue weighted by molar-refractivity contribution is 0.0696.